The molecule has 0 rings (SSSR count). The van der Waals surface area contributed by atoms with Crippen molar-refractivity contribution in [2.45, 2.75) is 0 Å². The van der Waals surface area contributed by atoms with Crippen LogP contribution in [0.15, 0.2) is 0 Å². The van der Waals surface area contributed by atoms with Crippen LogP contribution in [0.5, 0.6) is 0 Å². The zero-order valence-corrected chi connectivity index (χ0v) is 8.45. The van der Waals surface area contributed by atoms with Gasteiger partial charge in [0.1, 0.15) is 0 Å². The molecule has 46 valence electrons. The van der Waals surface area contributed by atoms with Crippen LogP contribution in [0.2, 0.25) is 0 Å². The summed E-state index contributed by atoms with van der Waals surface area (Å²) in [5.41, 5.74) is 0. The van der Waals surface area contributed by atoms with Gasteiger partial charge in [0.05, 0.1) is 0 Å². The molecule has 0 heterocycles. The molecule has 0 bridgehead atoms. The standard InChI is InChI=1S/H3O4P.2O.U/c1-5(2,3)4;;;/h(H3,1,2,3,4);;;/q;;;+2/p-2. The molecule has 0 saturated heterocycles. The van der Waals surface area contributed by atoms with E-state index in [9.17, 15) is 0 Å². The molecular formula is HO6PU. The molecule has 8 heavy (non-hydrogen) atoms. The molecule has 0 aromatic rings. The van der Waals surface area contributed by atoms with E-state index < -0.39 is 35.6 Å². The second-order valence-electron chi connectivity index (χ2n) is 0.531. The van der Waals surface area contributed by atoms with Crippen molar-refractivity contribution >= 4 is 7.82 Å². The van der Waals surface area contributed by atoms with E-state index in [4.69, 9.17) is 23.7 Å². The first-order chi connectivity index (χ1) is 3.41. The Balaban J connectivity index is -0.0000000800. The Labute approximate surface area is 60.9 Å². The number of rotatable bonds is 0. The first kappa shape index (κ1) is 11.5. The molecule has 0 amide bonds. The van der Waals surface area contributed by atoms with Gasteiger partial charge in [-0.2, -0.15) is 7.82 Å². The van der Waals surface area contributed by atoms with Gasteiger partial charge in [-0.3, -0.25) is 0 Å². The van der Waals surface area contributed by atoms with Crippen LogP contribution in [-0.4, -0.2) is 0 Å². The van der Waals surface area contributed by atoms with Crippen molar-refractivity contribution in [3.63, 3.8) is 0 Å². The number of phosphoric acid groups is 1. The monoisotopic (exact) mass is 366 g/mol. The summed E-state index contributed by atoms with van der Waals surface area (Å²) in [5, 5.41) is 0. The third kappa shape index (κ3) is 387. The minimum absolute atomic E-state index is 0. The van der Waals surface area contributed by atoms with Gasteiger partial charge in [0.25, 0.3) is 0 Å². The quantitative estimate of drug-likeness (QED) is 0.423. The van der Waals surface area contributed by atoms with E-state index in [0.717, 1.165) is 0 Å². The van der Waals surface area contributed by atoms with Crippen LogP contribution in [0.1, 0.15) is 1.43 Å². The third-order valence-corrected chi connectivity index (χ3v) is 0. The van der Waals surface area contributed by atoms with Gasteiger partial charge in [0, 0.05) is 0 Å². The molecule has 0 spiro atoms. The van der Waals surface area contributed by atoms with E-state index in [0.29, 0.717) is 0 Å². The van der Waals surface area contributed by atoms with Crippen LogP contribution in [0.3, 0.4) is 0 Å². The van der Waals surface area contributed by atoms with E-state index in [1.807, 2.05) is 0 Å². The average molecular weight is 366 g/mol. The number of hydrogen-bond acceptors (Lipinski definition) is 6. The van der Waals surface area contributed by atoms with E-state index in [1.54, 1.807) is 0 Å². The SMILES string of the molecule is O=P([O-])([O-])[O-].[H+].[O]=[U+2]=[O]. The minimum atomic E-state index is -5.39. The summed E-state index contributed by atoms with van der Waals surface area (Å²) in [5.74, 6) is 0. The Morgan fingerprint density at radius 2 is 1.25 bits per heavy atom. The zero-order chi connectivity index (χ0) is 7.21. The van der Waals surface area contributed by atoms with Gasteiger partial charge in [-0.05, 0) is 0 Å². The van der Waals surface area contributed by atoms with E-state index in [-0.39, 0.29) is 1.43 Å². The molecule has 0 fully saturated rings. The van der Waals surface area contributed by atoms with Crippen molar-refractivity contribution in [2.75, 3.05) is 0 Å². The van der Waals surface area contributed by atoms with E-state index in [2.05, 4.69) is 0 Å². The summed E-state index contributed by atoms with van der Waals surface area (Å²) >= 11 is -2.51. The Bertz CT molecular complexity index is 111. The average Bonchev–Trinajstić information content (AvgIpc) is 1.27. The van der Waals surface area contributed by atoms with Crippen LogP contribution >= 0.6 is 7.82 Å². The fraction of sp³-hybridized carbons (Fsp3) is 0. The van der Waals surface area contributed by atoms with Crippen molar-refractivity contribution in [2.24, 2.45) is 0 Å². The van der Waals surface area contributed by atoms with Crippen molar-refractivity contribution < 1.29 is 53.0 Å². The van der Waals surface area contributed by atoms with E-state index >= 15 is 0 Å². The fourth-order valence-electron chi connectivity index (χ4n) is 0. The van der Waals surface area contributed by atoms with Gasteiger partial charge in [-0.1, -0.05) is 0 Å². The maximum atomic E-state index is 8.58. The molecule has 0 aromatic carbocycles. The molecule has 0 radical (unpaired) electrons. The molecule has 0 unspecified atom stereocenters. The summed E-state index contributed by atoms with van der Waals surface area (Å²) in [4.78, 5) is 25.6. The summed E-state index contributed by atoms with van der Waals surface area (Å²) in [7, 11) is -5.39. The zero-order valence-electron chi connectivity index (χ0n) is 4.40. The van der Waals surface area contributed by atoms with Crippen LogP contribution in [0, 0.1) is 27.8 Å². The summed E-state index contributed by atoms with van der Waals surface area (Å²) in [6, 6.07) is 0. The molecule has 0 aromatic heterocycles. The second-order valence-corrected chi connectivity index (χ2v) is 2.12. The Morgan fingerprint density at radius 1 is 1.25 bits per heavy atom. The first-order valence-corrected chi connectivity index (χ1v) is 6.00. The van der Waals surface area contributed by atoms with Gasteiger partial charge in [0.2, 0.25) is 0 Å². The molecular weight excluding hydrogens is 365 g/mol. The molecule has 0 N–H and O–H groups in total. The molecule has 0 aliphatic heterocycles. The predicted molar refractivity (Wildman–Crippen MR) is 10.1 cm³/mol. The van der Waals surface area contributed by atoms with E-state index in [1.165, 1.54) is 0 Å². The molecule has 0 saturated carbocycles. The van der Waals surface area contributed by atoms with Crippen LogP contribution < -0.4 is 14.7 Å². The molecule has 0 atom stereocenters. The summed E-state index contributed by atoms with van der Waals surface area (Å²) in [6.07, 6.45) is 0. The van der Waals surface area contributed by atoms with Crippen LogP contribution in [-0.2, 0) is 9.04 Å². The normalized spacial score (nSPS) is 8.38. The summed E-state index contributed by atoms with van der Waals surface area (Å²) in [6.45, 7) is 0. The van der Waals surface area contributed by atoms with Crippen molar-refractivity contribution in [1.29, 1.82) is 0 Å². The maximum absolute atomic E-state index is 8.58. The topological polar surface area (TPSA) is 120 Å². The predicted octanol–water partition coefficient (Wildman–Crippen LogP) is -2.95. The summed E-state index contributed by atoms with van der Waals surface area (Å²) < 4.78 is 25.7. The fourth-order valence-corrected chi connectivity index (χ4v) is 0. The first-order valence-electron chi connectivity index (χ1n) is 1.14. The van der Waals surface area contributed by atoms with Gasteiger partial charge < -0.3 is 19.2 Å². The Kier molecular flexibility index (Phi) is 8.50. The molecule has 6 nitrogen and oxygen atoms in total. The van der Waals surface area contributed by atoms with Crippen LogP contribution in [0.25, 0.3) is 0 Å². The third-order valence-electron chi connectivity index (χ3n) is 0. The van der Waals surface area contributed by atoms with Gasteiger partial charge >= 0.3 is 33.7 Å². The van der Waals surface area contributed by atoms with Gasteiger partial charge in [0.15, 0.2) is 0 Å². The molecule has 0 aliphatic carbocycles. The van der Waals surface area contributed by atoms with Crippen LogP contribution in [0.4, 0.5) is 0 Å². The number of hydrogen-bond donors (Lipinski definition) is 0. The van der Waals surface area contributed by atoms with Crippen molar-refractivity contribution in [1.82, 2.24) is 0 Å². The van der Waals surface area contributed by atoms with Crippen molar-refractivity contribution in [3.8, 4) is 0 Å². The van der Waals surface area contributed by atoms with Crippen molar-refractivity contribution in [3.05, 3.63) is 0 Å². The Morgan fingerprint density at radius 3 is 1.25 bits per heavy atom. The molecule has 0 aliphatic rings. The van der Waals surface area contributed by atoms with Gasteiger partial charge in [-0.15, -0.1) is 0 Å². The Hall–Kier alpha value is 0.762. The molecule has 8 heteroatoms. The second kappa shape index (κ2) is 5.89. The van der Waals surface area contributed by atoms with Gasteiger partial charge in [-0.25, -0.2) is 0 Å².